The number of carbonyl (C=O) groups excluding carboxylic acids is 1. The summed E-state index contributed by atoms with van der Waals surface area (Å²) in [6, 6.07) is 3.69. The number of amides is 1. The van der Waals surface area contributed by atoms with Crippen LogP contribution in [0.2, 0.25) is 0 Å². The lowest BCUT2D eigenvalue weighted by Crippen LogP contribution is -2.50. The fourth-order valence-electron chi connectivity index (χ4n) is 2.50. The number of piperazine rings is 1. The highest BCUT2D eigenvalue weighted by Gasteiger charge is 2.19. The van der Waals surface area contributed by atoms with Gasteiger partial charge in [0.15, 0.2) is 0 Å². The average Bonchev–Trinajstić information content (AvgIpc) is 2.91. The Balaban J connectivity index is 1.63. The SMILES string of the molecule is CC(C)CN1CCN(CC(=O)NCc2ccco2)CC1. The lowest BCUT2D eigenvalue weighted by molar-refractivity contribution is -0.122. The molecule has 1 aromatic heterocycles. The van der Waals surface area contributed by atoms with E-state index in [4.69, 9.17) is 4.42 Å². The van der Waals surface area contributed by atoms with Gasteiger partial charge < -0.3 is 14.6 Å². The molecule has 1 fully saturated rings. The molecule has 1 N–H and O–H groups in total. The smallest absolute Gasteiger partial charge is 0.234 e. The molecule has 2 rings (SSSR count). The van der Waals surface area contributed by atoms with Gasteiger partial charge in [-0.3, -0.25) is 9.69 Å². The van der Waals surface area contributed by atoms with Gasteiger partial charge in [-0.1, -0.05) is 13.8 Å². The second kappa shape index (κ2) is 7.45. The Kier molecular flexibility index (Phi) is 5.61. The summed E-state index contributed by atoms with van der Waals surface area (Å²) in [5.41, 5.74) is 0. The van der Waals surface area contributed by atoms with E-state index in [0.29, 0.717) is 19.0 Å². The Morgan fingerprint density at radius 2 is 2.00 bits per heavy atom. The van der Waals surface area contributed by atoms with Crippen molar-refractivity contribution in [3.8, 4) is 0 Å². The van der Waals surface area contributed by atoms with Crippen molar-refractivity contribution in [2.45, 2.75) is 20.4 Å². The van der Waals surface area contributed by atoms with Gasteiger partial charge in [-0.2, -0.15) is 0 Å². The van der Waals surface area contributed by atoms with Gasteiger partial charge in [0.2, 0.25) is 5.91 Å². The van der Waals surface area contributed by atoms with Crippen LogP contribution in [0.1, 0.15) is 19.6 Å². The molecule has 0 aromatic carbocycles. The Hall–Kier alpha value is -1.33. The zero-order chi connectivity index (χ0) is 14.4. The standard InChI is InChI=1S/C15H25N3O2/c1-13(2)11-17-5-7-18(8-6-17)12-15(19)16-10-14-4-3-9-20-14/h3-4,9,13H,5-8,10-12H2,1-2H3,(H,16,19). The molecule has 2 heterocycles. The minimum absolute atomic E-state index is 0.0682. The van der Waals surface area contributed by atoms with Crippen LogP contribution >= 0.6 is 0 Å². The lowest BCUT2D eigenvalue weighted by Gasteiger charge is -2.35. The molecule has 0 spiro atoms. The molecule has 0 bridgehead atoms. The first-order chi connectivity index (χ1) is 9.63. The summed E-state index contributed by atoms with van der Waals surface area (Å²) in [7, 11) is 0. The molecular weight excluding hydrogens is 254 g/mol. The number of hydrogen-bond donors (Lipinski definition) is 1. The van der Waals surface area contributed by atoms with Crippen molar-refractivity contribution in [3.63, 3.8) is 0 Å². The van der Waals surface area contributed by atoms with E-state index in [0.717, 1.165) is 38.5 Å². The van der Waals surface area contributed by atoms with Crippen molar-refractivity contribution >= 4 is 5.91 Å². The fourth-order valence-corrected chi connectivity index (χ4v) is 2.50. The summed E-state index contributed by atoms with van der Waals surface area (Å²) in [6.45, 7) is 10.7. The van der Waals surface area contributed by atoms with Crippen molar-refractivity contribution in [3.05, 3.63) is 24.2 Å². The summed E-state index contributed by atoms with van der Waals surface area (Å²) in [5.74, 6) is 1.57. The molecule has 5 nitrogen and oxygen atoms in total. The van der Waals surface area contributed by atoms with Crippen LogP contribution in [0, 0.1) is 5.92 Å². The molecule has 1 aliphatic rings. The monoisotopic (exact) mass is 279 g/mol. The number of rotatable bonds is 6. The van der Waals surface area contributed by atoms with E-state index in [1.54, 1.807) is 6.26 Å². The van der Waals surface area contributed by atoms with Crippen LogP contribution in [-0.2, 0) is 11.3 Å². The van der Waals surface area contributed by atoms with Crippen LogP contribution in [0.5, 0.6) is 0 Å². The predicted octanol–water partition coefficient (Wildman–Crippen LogP) is 1.17. The van der Waals surface area contributed by atoms with E-state index >= 15 is 0 Å². The van der Waals surface area contributed by atoms with E-state index < -0.39 is 0 Å². The van der Waals surface area contributed by atoms with E-state index in [9.17, 15) is 4.79 Å². The zero-order valence-electron chi connectivity index (χ0n) is 12.5. The van der Waals surface area contributed by atoms with Crippen LogP contribution in [0.3, 0.4) is 0 Å². The van der Waals surface area contributed by atoms with Gasteiger partial charge in [-0.05, 0) is 18.1 Å². The van der Waals surface area contributed by atoms with Crippen molar-refractivity contribution in [2.24, 2.45) is 5.92 Å². The van der Waals surface area contributed by atoms with E-state index in [-0.39, 0.29) is 5.91 Å². The van der Waals surface area contributed by atoms with Gasteiger partial charge >= 0.3 is 0 Å². The van der Waals surface area contributed by atoms with Crippen molar-refractivity contribution in [2.75, 3.05) is 39.3 Å². The fraction of sp³-hybridized carbons (Fsp3) is 0.667. The summed E-state index contributed by atoms with van der Waals surface area (Å²) in [5, 5.41) is 2.89. The van der Waals surface area contributed by atoms with Crippen LogP contribution < -0.4 is 5.32 Å². The van der Waals surface area contributed by atoms with Gasteiger partial charge in [0.1, 0.15) is 5.76 Å². The summed E-state index contributed by atoms with van der Waals surface area (Å²) in [6.07, 6.45) is 1.62. The third-order valence-electron chi connectivity index (χ3n) is 3.50. The highest BCUT2D eigenvalue weighted by molar-refractivity contribution is 5.77. The van der Waals surface area contributed by atoms with Gasteiger partial charge in [0.05, 0.1) is 19.4 Å². The molecule has 112 valence electrons. The quantitative estimate of drug-likeness (QED) is 0.849. The normalized spacial score (nSPS) is 17.6. The molecule has 5 heteroatoms. The minimum Gasteiger partial charge on any atom is -0.467 e. The minimum atomic E-state index is 0.0682. The zero-order valence-corrected chi connectivity index (χ0v) is 12.5. The molecule has 0 radical (unpaired) electrons. The highest BCUT2D eigenvalue weighted by Crippen LogP contribution is 2.05. The molecule has 1 saturated heterocycles. The lowest BCUT2D eigenvalue weighted by atomic mass is 10.2. The number of hydrogen-bond acceptors (Lipinski definition) is 4. The Bertz CT molecular complexity index is 395. The summed E-state index contributed by atoms with van der Waals surface area (Å²) >= 11 is 0. The van der Waals surface area contributed by atoms with Gasteiger partial charge in [-0.25, -0.2) is 0 Å². The summed E-state index contributed by atoms with van der Waals surface area (Å²) < 4.78 is 5.19. The average molecular weight is 279 g/mol. The Labute approximate surface area is 120 Å². The number of carbonyl (C=O) groups is 1. The molecule has 0 unspecified atom stereocenters. The topological polar surface area (TPSA) is 48.7 Å². The molecule has 0 atom stereocenters. The van der Waals surface area contributed by atoms with Crippen LogP contribution in [0.25, 0.3) is 0 Å². The van der Waals surface area contributed by atoms with Gasteiger partial charge in [0, 0.05) is 32.7 Å². The van der Waals surface area contributed by atoms with Gasteiger partial charge in [-0.15, -0.1) is 0 Å². The third-order valence-corrected chi connectivity index (χ3v) is 3.50. The molecular formula is C15H25N3O2. The molecule has 1 amide bonds. The largest absolute Gasteiger partial charge is 0.467 e. The maximum Gasteiger partial charge on any atom is 0.234 e. The Morgan fingerprint density at radius 1 is 1.30 bits per heavy atom. The van der Waals surface area contributed by atoms with Crippen molar-refractivity contribution in [1.82, 2.24) is 15.1 Å². The Morgan fingerprint density at radius 3 is 2.60 bits per heavy atom. The van der Waals surface area contributed by atoms with Crippen LogP contribution in [-0.4, -0.2) is 55.0 Å². The van der Waals surface area contributed by atoms with E-state index in [2.05, 4.69) is 29.0 Å². The van der Waals surface area contributed by atoms with Gasteiger partial charge in [0.25, 0.3) is 0 Å². The number of nitrogens with zero attached hydrogens (tertiary/aromatic N) is 2. The molecule has 0 saturated carbocycles. The third kappa shape index (κ3) is 4.98. The second-order valence-corrected chi connectivity index (χ2v) is 5.83. The van der Waals surface area contributed by atoms with Crippen molar-refractivity contribution < 1.29 is 9.21 Å². The molecule has 1 aromatic rings. The molecule has 20 heavy (non-hydrogen) atoms. The highest BCUT2D eigenvalue weighted by atomic mass is 16.3. The first-order valence-corrected chi connectivity index (χ1v) is 7.37. The van der Waals surface area contributed by atoms with Crippen LogP contribution in [0.4, 0.5) is 0 Å². The number of furan rings is 1. The molecule has 0 aliphatic carbocycles. The molecule has 1 aliphatic heterocycles. The predicted molar refractivity (Wildman–Crippen MR) is 78.3 cm³/mol. The maximum absolute atomic E-state index is 11.9. The first kappa shape index (κ1) is 15.1. The summed E-state index contributed by atoms with van der Waals surface area (Å²) in [4.78, 5) is 16.5. The second-order valence-electron chi connectivity index (χ2n) is 5.83. The van der Waals surface area contributed by atoms with Crippen molar-refractivity contribution in [1.29, 1.82) is 0 Å². The first-order valence-electron chi connectivity index (χ1n) is 7.37. The van der Waals surface area contributed by atoms with E-state index in [1.807, 2.05) is 12.1 Å². The van der Waals surface area contributed by atoms with Crippen LogP contribution in [0.15, 0.2) is 22.8 Å². The maximum atomic E-state index is 11.9. The number of nitrogens with one attached hydrogen (secondary N) is 1. The van der Waals surface area contributed by atoms with E-state index in [1.165, 1.54) is 0 Å².